The van der Waals surface area contributed by atoms with E-state index in [4.69, 9.17) is 14.6 Å². The number of Topliss-reactive ketones (excluding diaryl/α,β-unsaturated/α-hetero) is 2. The maximum atomic E-state index is 11.0. The first-order chi connectivity index (χ1) is 21.4. The molecule has 2 aliphatic heterocycles. The molecule has 0 aromatic heterocycles. The summed E-state index contributed by atoms with van der Waals surface area (Å²) >= 11 is 0. The number of cyclic esters (lactones) is 1. The molecule has 21 heteroatoms. The maximum absolute atomic E-state index is 11.0. The van der Waals surface area contributed by atoms with Crippen LogP contribution in [0.5, 0.6) is 0 Å². The topological polar surface area (TPSA) is 179 Å². The van der Waals surface area contributed by atoms with Gasteiger partial charge in [0.2, 0.25) is 0 Å². The zero-order chi connectivity index (χ0) is 36.4. The van der Waals surface area contributed by atoms with E-state index in [0.717, 1.165) is 21.4 Å². The molecule has 12 nitrogen and oxygen atoms in total. The first kappa shape index (κ1) is 56.3. The Morgan fingerprint density at radius 1 is 0.894 bits per heavy atom. The first-order valence-corrected chi connectivity index (χ1v) is 26.2. The van der Waals surface area contributed by atoms with Crippen LogP contribution >= 0.6 is 69.4 Å². The number of carbonyl (C=O) groups is 4. The smallest absolute Gasteiger partial charge is 0.320 e. The van der Waals surface area contributed by atoms with Gasteiger partial charge >= 0.3 is 11.9 Å². The van der Waals surface area contributed by atoms with E-state index in [-0.39, 0.29) is 80.3 Å². The number of nitrogens with one attached hydrogen (secondary N) is 4. The monoisotopic (exact) mass is 895 g/mol. The second-order valence-corrected chi connectivity index (χ2v) is 16.7. The number of esters is 1. The van der Waals surface area contributed by atoms with Crippen molar-refractivity contribution in [1.29, 1.82) is 0 Å². The van der Waals surface area contributed by atoms with Crippen molar-refractivity contribution in [2.75, 3.05) is 6.61 Å². The second-order valence-electron chi connectivity index (χ2n) is 10.9. The van der Waals surface area contributed by atoms with Gasteiger partial charge in [-0.25, -0.2) is 0 Å². The quantitative estimate of drug-likeness (QED) is 0.0711. The Morgan fingerprint density at radius 3 is 1.60 bits per heavy atom. The van der Waals surface area contributed by atoms with Gasteiger partial charge in [-0.15, -0.1) is 0 Å². The van der Waals surface area contributed by atoms with Crippen molar-refractivity contribution in [3.05, 3.63) is 0 Å². The van der Waals surface area contributed by atoms with Crippen LogP contribution < -0.4 is 20.3 Å². The van der Waals surface area contributed by atoms with E-state index in [9.17, 15) is 24.3 Å². The van der Waals surface area contributed by atoms with Crippen molar-refractivity contribution in [2.24, 2.45) is 11.8 Å². The van der Waals surface area contributed by atoms with Crippen LogP contribution in [0.25, 0.3) is 0 Å². The number of aliphatic carboxylic acids is 1. The predicted molar refractivity (Wildman–Crippen MR) is 215 cm³/mol. The van der Waals surface area contributed by atoms with Crippen molar-refractivity contribution < 1.29 is 71.6 Å². The molecule has 2 rings (SSSR count). The third kappa shape index (κ3) is 34.1. The largest absolute Gasteiger partial charge is 0.480 e. The Labute approximate surface area is 325 Å². The summed E-state index contributed by atoms with van der Waals surface area (Å²) in [4.78, 5) is 41.8. The fourth-order valence-electron chi connectivity index (χ4n) is 3.00. The number of aliphatic hydroxyl groups excluding tert-OH is 1. The maximum Gasteiger partial charge on any atom is 0.320 e. The van der Waals surface area contributed by atoms with Crippen molar-refractivity contribution in [2.45, 2.75) is 124 Å². The van der Waals surface area contributed by atoms with Gasteiger partial charge in [-0.05, 0) is 88.1 Å². The summed E-state index contributed by atoms with van der Waals surface area (Å²) in [6.45, 7) is 17.4. The first-order valence-electron chi connectivity index (χ1n) is 15.0. The van der Waals surface area contributed by atoms with Crippen LogP contribution in [0.15, 0.2) is 0 Å². The van der Waals surface area contributed by atoms with Crippen LogP contribution in [0, 0.1) is 11.8 Å². The van der Waals surface area contributed by atoms with Crippen molar-refractivity contribution >= 4 is 92.9 Å². The number of ether oxygens (including phenoxy) is 2. The van der Waals surface area contributed by atoms with Gasteiger partial charge in [0.05, 0.1) is 24.7 Å². The zero-order valence-electron chi connectivity index (χ0n) is 29.3. The number of carboxylic acid groups (broad SMARTS) is 1. The van der Waals surface area contributed by atoms with Crippen LogP contribution in [0.2, 0.25) is 0 Å². The van der Waals surface area contributed by atoms with Crippen LogP contribution in [-0.2, 0) is 61.4 Å². The van der Waals surface area contributed by atoms with Gasteiger partial charge in [-0.1, -0.05) is 56.5 Å². The third-order valence-electron chi connectivity index (χ3n) is 6.70. The number of hydrogen-bond donors (Lipinski definition) is 6. The van der Waals surface area contributed by atoms with Crippen molar-refractivity contribution in [3.63, 3.8) is 0 Å². The minimum absolute atomic E-state index is 0. The van der Waals surface area contributed by atoms with Gasteiger partial charge in [0, 0.05) is 63.2 Å². The fraction of sp³-hybridized carbons (Fsp3) is 0.846. The molecule has 0 aromatic rings. The molecule has 1 radical (unpaired) electrons. The molecule has 17 atom stereocenters. The van der Waals surface area contributed by atoms with E-state index in [1.165, 1.54) is 0 Å². The Hall–Kier alpha value is 2.58. The average molecular weight is 896 g/mol. The molecular weight excluding hydrogens is 833 g/mol. The van der Waals surface area contributed by atoms with E-state index in [1.54, 1.807) is 20.8 Å². The molecule has 2 aliphatic rings. The van der Waals surface area contributed by atoms with E-state index >= 15 is 0 Å². The zero-order valence-corrected chi connectivity index (χ0v) is 40.7. The van der Waals surface area contributed by atoms with Crippen molar-refractivity contribution in [1.82, 2.24) is 20.3 Å². The molecule has 12 unspecified atom stereocenters. The number of carboxylic acids is 1. The van der Waals surface area contributed by atoms with Crippen LogP contribution in [0.3, 0.4) is 0 Å². The minimum Gasteiger partial charge on any atom is -0.480 e. The van der Waals surface area contributed by atoms with Gasteiger partial charge in [-0.3, -0.25) is 34.7 Å². The van der Waals surface area contributed by atoms with Gasteiger partial charge < -0.3 is 24.5 Å². The molecule has 2 fully saturated rings. The summed E-state index contributed by atoms with van der Waals surface area (Å²) in [5, 5.41) is 30.3. The molecular formula is C26H62N4O8P8Y. The SMILES string of the molecule is CC(=O)[C@H](C)CC(O)[C@H](C)NPP.CC(NPP)C1C[C@@H](C)C(=O)O1.CCC(C)=O.C[C@H](NPP)C(=O)O.C[C@H](NPP)C1CO1.[Y]. The minimum atomic E-state index is -0.806. The molecule has 2 heterocycles. The molecule has 6 N–H and O–H groups in total. The Balaban J connectivity index is -0.000000253. The number of hydrogen-bond acceptors (Lipinski definition) is 11. The van der Waals surface area contributed by atoms with Crippen LogP contribution in [0.1, 0.15) is 81.6 Å². The second kappa shape index (κ2) is 35.6. The van der Waals surface area contributed by atoms with E-state index in [0.29, 0.717) is 50.2 Å². The van der Waals surface area contributed by atoms with Crippen LogP contribution in [-0.4, -0.2) is 82.8 Å². The van der Waals surface area contributed by atoms with E-state index in [2.05, 4.69) is 63.0 Å². The summed E-state index contributed by atoms with van der Waals surface area (Å²) in [6, 6.07) is 0.448. The molecule has 0 bridgehead atoms. The Kier molecular flexibility index (Phi) is 42.7. The van der Waals surface area contributed by atoms with E-state index in [1.807, 2.05) is 34.6 Å². The number of aliphatic hydroxyl groups is 1. The number of epoxide rings is 1. The predicted octanol–water partition coefficient (Wildman–Crippen LogP) is 4.79. The molecule has 0 aromatic carbocycles. The summed E-state index contributed by atoms with van der Waals surface area (Å²) < 4.78 is 10.2. The summed E-state index contributed by atoms with van der Waals surface area (Å²) in [5.41, 5.74) is 0. The Morgan fingerprint density at radius 2 is 1.32 bits per heavy atom. The molecule has 0 spiro atoms. The third-order valence-corrected chi connectivity index (χ3v) is 11.2. The Bertz CT molecular complexity index is 846. The normalized spacial score (nSPS) is 22.3. The van der Waals surface area contributed by atoms with Gasteiger partial charge in [-0.2, -0.15) is 0 Å². The molecule has 0 amide bonds. The standard InChI is InChI=1S/C8H19NO2P2.C7H15NO2P2.C4H11NOP2.C4H8O.C3H9NO2P2.Y/c1-5(7(3)10)4-8(11)6(2)9-13-12;1-4-3-6(10-7(4)9)5(2)8-12-11;1-3(5-8-7)4-2-6-4;1-3-4(2)5;1-2(3(5)6)4-8-7;/h5-6,8-9,11,13H,4,12H2,1-3H3;4-6,8,12H,3,11H2,1-2H3;3-5,8H,2,7H2,1H3;3H2,1-2H3;2,4,8H,7H2,1H3,(H,5,6);/t5-,6+,8?;4-,5?,6?;3-,4?;;2-;/m110.0./s1. The number of ketones is 2. The molecule has 0 saturated carbocycles. The van der Waals surface area contributed by atoms with E-state index < -0.39 is 18.1 Å². The molecule has 2 saturated heterocycles. The number of rotatable bonds is 16. The van der Waals surface area contributed by atoms with Gasteiger partial charge in [0.15, 0.2) is 0 Å². The van der Waals surface area contributed by atoms with Gasteiger partial charge in [0.25, 0.3) is 0 Å². The van der Waals surface area contributed by atoms with Crippen LogP contribution in [0.4, 0.5) is 0 Å². The molecule has 47 heavy (non-hydrogen) atoms. The summed E-state index contributed by atoms with van der Waals surface area (Å²) in [6.07, 6.45) is 2.19. The summed E-state index contributed by atoms with van der Waals surface area (Å²) in [5.74, 6) is -0.440. The average Bonchev–Trinajstić information content (AvgIpc) is 3.79. The molecule has 0 aliphatic carbocycles. The van der Waals surface area contributed by atoms with Gasteiger partial charge in [0.1, 0.15) is 23.7 Å². The number of carbonyl (C=O) groups excluding carboxylic acids is 3. The fourth-order valence-corrected chi connectivity index (χ4v) is 7.85. The molecule has 277 valence electrons. The summed E-state index contributed by atoms with van der Waals surface area (Å²) in [7, 11) is 12.6. The van der Waals surface area contributed by atoms with Crippen molar-refractivity contribution in [3.8, 4) is 0 Å².